The van der Waals surface area contributed by atoms with Crippen molar-refractivity contribution in [3.05, 3.63) is 0 Å². The molecule has 84 valence electrons. The molecule has 0 aromatic carbocycles. The highest BCUT2D eigenvalue weighted by molar-refractivity contribution is 5.81. The highest BCUT2D eigenvalue weighted by Gasteiger charge is 2.25. The summed E-state index contributed by atoms with van der Waals surface area (Å²) in [5.41, 5.74) is -0.245. The van der Waals surface area contributed by atoms with Gasteiger partial charge in [0.15, 0.2) is 0 Å². The molecule has 0 aromatic rings. The molecule has 1 heterocycles. The lowest BCUT2D eigenvalue weighted by atomic mass is 9.90. The van der Waals surface area contributed by atoms with E-state index in [-0.39, 0.29) is 11.3 Å². The number of rotatable bonds is 3. The topological polar surface area (TPSA) is 44.1 Å². The molecule has 1 aliphatic heterocycles. The zero-order valence-corrected chi connectivity index (χ0v) is 9.92. The first-order valence-electron chi connectivity index (χ1n) is 5.61. The minimum Gasteiger partial charge on any atom is -0.302 e. The molecule has 1 rings (SSSR count). The second-order valence-electron chi connectivity index (χ2n) is 5.16. The number of hydrogen-bond donors (Lipinski definition) is 0. The Morgan fingerprint density at radius 2 is 2.27 bits per heavy atom. The maximum absolute atomic E-state index is 11.3. The molecule has 0 radical (unpaired) electrons. The van der Waals surface area contributed by atoms with Crippen LogP contribution in [0.15, 0.2) is 0 Å². The van der Waals surface area contributed by atoms with E-state index in [0.29, 0.717) is 12.2 Å². The third kappa shape index (κ3) is 3.64. The minimum absolute atomic E-state index is 0.170. The van der Waals surface area contributed by atoms with Crippen LogP contribution in [0.2, 0.25) is 0 Å². The van der Waals surface area contributed by atoms with Crippen molar-refractivity contribution in [2.24, 2.45) is 11.3 Å². The van der Waals surface area contributed by atoms with Crippen LogP contribution >= 0.6 is 0 Å². The summed E-state index contributed by atoms with van der Waals surface area (Å²) in [6, 6.07) is 2.31. The van der Waals surface area contributed by atoms with E-state index in [1.165, 1.54) is 0 Å². The monoisotopic (exact) mass is 208 g/mol. The van der Waals surface area contributed by atoms with Gasteiger partial charge in [-0.25, -0.2) is 0 Å². The van der Waals surface area contributed by atoms with Crippen LogP contribution in [-0.4, -0.2) is 30.3 Å². The lowest BCUT2D eigenvalue weighted by molar-refractivity contribution is -0.125. The Morgan fingerprint density at radius 3 is 2.80 bits per heavy atom. The zero-order valence-electron chi connectivity index (χ0n) is 9.92. The quantitative estimate of drug-likeness (QED) is 0.710. The molecule has 1 aliphatic rings. The van der Waals surface area contributed by atoms with Gasteiger partial charge in [0.05, 0.1) is 11.5 Å². The number of nitriles is 1. The van der Waals surface area contributed by atoms with Crippen LogP contribution in [0.3, 0.4) is 0 Å². The second-order valence-corrected chi connectivity index (χ2v) is 5.16. The largest absolute Gasteiger partial charge is 0.302 e. The van der Waals surface area contributed by atoms with E-state index >= 15 is 0 Å². The summed E-state index contributed by atoms with van der Waals surface area (Å²) >= 11 is 0. The van der Waals surface area contributed by atoms with Crippen LogP contribution in [0.5, 0.6) is 0 Å². The third-order valence-electron chi connectivity index (χ3n) is 3.11. The summed E-state index contributed by atoms with van der Waals surface area (Å²) in [4.78, 5) is 13.6. The third-order valence-corrected chi connectivity index (χ3v) is 3.11. The Hall–Kier alpha value is -0.880. The maximum atomic E-state index is 11.3. The van der Waals surface area contributed by atoms with Crippen molar-refractivity contribution < 1.29 is 4.79 Å². The smallest absolute Gasteiger partial charge is 0.138 e. The van der Waals surface area contributed by atoms with Crippen molar-refractivity contribution in [3.8, 4) is 6.07 Å². The van der Waals surface area contributed by atoms with Crippen molar-refractivity contribution >= 4 is 5.78 Å². The SMILES string of the molecule is CC1CN(CCC(C)(C)C#N)CCC1=O. The van der Waals surface area contributed by atoms with Crippen molar-refractivity contribution in [2.45, 2.75) is 33.6 Å². The average molecular weight is 208 g/mol. The van der Waals surface area contributed by atoms with Gasteiger partial charge < -0.3 is 4.90 Å². The number of carbonyl (C=O) groups is 1. The summed E-state index contributed by atoms with van der Waals surface area (Å²) in [7, 11) is 0. The van der Waals surface area contributed by atoms with Crippen LogP contribution in [0, 0.1) is 22.7 Å². The van der Waals surface area contributed by atoms with Gasteiger partial charge in [-0.1, -0.05) is 6.92 Å². The van der Waals surface area contributed by atoms with Crippen LogP contribution < -0.4 is 0 Å². The van der Waals surface area contributed by atoms with E-state index in [1.54, 1.807) is 0 Å². The molecular weight excluding hydrogens is 188 g/mol. The van der Waals surface area contributed by atoms with E-state index in [2.05, 4.69) is 11.0 Å². The summed E-state index contributed by atoms with van der Waals surface area (Å²) in [6.07, 6.45) is 1.55. The predicted octanol–water partition coefficient (Wildman–Crippen LogP) is 1.84. The summed E-state index contributed by atoms with van der Waals surface area (Å²) in [5.74, 6) is 0.551. The zero-order chi connectivity index (χ0) is 11.5. The van der Waals surface area contributed by atoms with Gasteiger partial charge in [-0.3, -0.25) is 4.79 Å². The van der Waals surface area contributed by atoms with Gasteiger partial charge in [-0.15, -0.1) is 0 Å². The highest BCUT2D eigenvalue weighted by atomic mass is 16.1. The van der Waals surface area contributed by atoms with Crippen molar-refractivity contribution in [2.75, 3.05) is 19.6 Å². The lowest BCUT2D eigenvalue weighted by Gasteiger charge is -2.31. The van der Waals surface area contributed by atoms with Crippen molar-refractivity contribution in [3.63, 3.8) is 0 Å². The molecule has 0 N–H and O–H groups in total. The van der Waals surface area contributed by atoms with Gasteiger partial charge in [-0.2, -0.15) is 5.26 Å². The predicted molar refractivity (Wildman–Crippen MR) is 59.2 cm³/mol. The Bertz CT molecular complexity index is 278. The number of hydrogen-bond acceptors (Lipinski definition) is 3. The molecule has 0 amide bonds. The Kier molecular flexibility index (Phi) is 3.87. The van der Waals surface area contributed by atoms with E-state index in [0.717, 1.165) is 26.1 Å². The molecule has 1 fully saturated rings. The number of likely N-dealkylation sites (tertiary alicyclic amines) is 1. The van der Waals surface area contributed by atoms with Gasteiger partial charge in [0.25, 0.3) is 0 Å². The number of Topliss-reactive ketones (excluding diaryl/α,β-unsaturated/α-hetero) is 1. The fraction of sp³-hybridized carbons (Fsp3) is 0.833. The molecule has 0 bridgehead atoms. The van der Waals surface area contributed by atoms with Crippen LogP contribution in [0.4, 0.5) is 0 Å². The van der Waals surface area contributed by atoms with Gasteiger partial charge in [0.1, 0.15) is 5.78 Å². The molecular formula is C12H20N2O. The number of piperidine rings is 1. The average Bonchev–Trinajstić information content (AvgIpc) is 2.20. The molecule has 1 atom stereocenters. The standard InChI is InChI=1S/C12H20N2O/c1-10-8-14(6-4-11(10)15)7-5-12(2,3)9-13/h10H,4-8H2,1-3H3. The molecule has 0 aliphatic carbocycles. The molecule has 1 unspecified atom stereocenters. The Morgan fingerprint density at radius 1 is 1.60 bits per heavy atom. The first kappa shape index (κ1) is 12.2. The molecule has 0 spiro atoms. The van der Waals surface area contributed by atoms with Crippen LogP contribution in [0.25, 0.3) is 0 Å². The molecule has 3 nitrogen and oxygen atoms in total. The fourth-order valence-electron chi connectivity index (χ4n) is 1.79. The van der Waals surface area contributed by atoms with Crippen molar-refractivity contribution in [1.29, 1.82) is 5.26 Å². The normalized spacial score (nSPS) is 23.9. The van der Waals surface area contributed by atoms with E-state index in [9.17, 15) is 4.79 Å². The first-order chi connectivity index (χ1) is 6.94. The molecule has 3 heteroatoms. The number of ketones is 1. The Labute approximate surface area is 92.1 Å². The van der Waals surface area contributed by atoms with E-state index < -0.39 is 0 Å². The molecule has 0 aromatic heterocycles. The summed E-state index contributed by atoms with van der Waals surface area (Å²) in [5, 5.41) is 8.89. The van der Waals surface area contributed by atoms with Gasteiger partial charge in [0.2, 0.25) is 0 Å². The maximum Gasteiger partial charge on any atom is 0.138 e. The minimum atomic E-state index is -0.245. The second kappa shape index (κ2) is 4.76. The van der Waals surface area contributed by atoms with E-state index in [4.69, 9.17) is 5.26 Å². The highest BCUT2D eigenvalue weighted by Crippen LogP contribution is 2.20. The number of nitrogens with zero attached hydrogens (tertiary/aromatic N) is 2. The lowest BCUT2D eigenvalue weighted by Crippen LogP contribution is -2.40. The number of carbonyl (C=O) groups excluding carboxylic acids is 1. The molecule has 15 heavy (non-hydrogen) atoms. The van der Waals surface area contributed by atoms with Gasteiger partial charge in [-0.05, 0) is 26.8 Å². The molecule has 0 saturated carbocycles. The van der Waals surface area contributed by atoms with Gasteiger partial charge in [0, 0.05) is 25.4 Å². The van der Waals surface area contributed by atoms with Crippen molar-refractivity contribution in [1.82, 2.24) is 4.90 Å². The first-order valence-corrected chi connectivity index (χ1v) is 5.61. The van der Waals surface area contributed by atoms with Crippen LogP contribution in [-0.2, 0) is 4.79 Å². The molecule has 1 saturated heterocycles. The van der Waals surface area contributed by atoms with E-state index in [1.807, 2.05) is 20.8 Å². The van der Waals surface area contributed by atoms with Crippen LogP contribution in [0.1, 0.15) is 33.6 Å². The fourth-order valence-corrected chi connectivity index (χ4v) is 1.79. The summed E-state index contributed by atoms with van der Waals surface area (Å²) < 4.78 is 0. The Balaban J connectivity index is 2.35. The summed E-state index contributed by atoms with van der Waals surface area (Å²) in [6.45, 7) is 8.57. The van der Waals surface area contributed by atoms with Gasteiger partial charge >= 0.3 is 0 Å².